The number of hydrogen-bond acceptors (Lipinski definition) is 4. The number of aryl methyl sites for hydroxylation is 1. The average Bonchev–Trinajstić information content (AvgIpc) is 3.13. The summed E-state index contributed by atoms with van der Waals surface area (Å²) in [4.78, 5) is 15.9. The lowest BCUT2D eigenvalue weighted by molar-refractivity contribution is -0.141. The molecule has 0 aliphatic rings. The number of alkyl halides is 3. The molecule has 2 aromatic rings. The highest BCUT2D eigenvalue weighted by atomic mass is 19.4. The van der Waals surface area contributed by atoms with Crippen molar-refractivity contribution < 1.29 is 22.4 Å². The van der Waals surface area contributed by atoms with E-state index in [0.717, 1.165) is 16.5 Å². The van der Waals surface area contributed by atoms with Crippen LogP contribution in [0.2, 0.25) is 0 Å². The predicted octanol–water partition coefficient (Wildman–Crippen LogP) is 2.94. The molecule has 2 rings (SSSR count). The van der Waals surface area contributed by atoms with Crippen molar-refractivity contribution in [1.29, 1.82) is 0 Å². The molecular weight excluding hydrogens is 337 g/mol. The summed E-state index contributed by atoms with van der Waals surface area (Å²) in [5, 5.41) is 6.05. The fourth-order valence-corrected chi connectivity index (χ4v) is 2.03. The molecule has 0 radical (unpaired) electrons. The van der Waals surface area contributed by atoms with Crippen molar-refractivity contribution in [1.82, 2.24) is 20.1 Å². The van der Waals surface area contributed by atoms with Crippen LogP contribution < -0.4 is 5.32 Å². The van der Waals surface area contributed by atoms with Gasteiger partial charge in [0.25, 0.3) is 0 Å². The number of carbonyl (C=O) groups is 1. The smallest absolute Gasteiger partial charge is 0.435 e. The minimum Gasteiger partial charge on any atom is -0.445 e. The van der Waals surface area contributed by atoms with Crippen molar-refractivity contribution in [3.63, 3.8) is 0 Å². The number of rotatable bonds is 6. The van der Waals surface area contributed by atoms with Crippen molar-refractivity contribution in [3.8, 4) is 0 Å². The first-order valence-corrected chi connectivity index (χ1v) is 7.88. The number of carbonyl (C=O) groups excluding carboxylic acids is 1. The Morgan fingerprint density at radius 1 is 1.32 bits per heavy atom. The van der Waals surface area contributed by atoms with E-state index in [1.54, 1.807) is 6.20 Å². The molecule has 0 fully saturated rings. The van der Waals surface area contributed by atoms with E-state index < -0.39 is 11.9 Å². The van der Waals surface area contributed by atoms with Gasteiger partial charge in [-0.1, -0.05) is 20.8 Å². The van der Waals surface area contributed by atoms with Crippen molar-refractivity contribution >= 4 is 5.91 Å². The largest absolute Gasteiger partial charge is 0.445 e. The molecule has 0 aromatic carbocycles. The molecule has 0 atom stereocenters. The van der Waals surface area contributed by atoms with Gasteiger partial charge in [0, 0.05) is 31.0 Å². The third kappa shape index (κ3) is 5.61. The van der Waals surface area contributed by atoms with E-state index in [0.29, 0.717) is 12.3 Å². The lowest BCUT2D eigenvalue weighted by Gasteiger charge is -2.13. The second-order valence-electron chi connectivity index (χ2n) is 6.68. The minimum atomic E-state index is -4.46. The standard InChI is InChI=1S/C16H21F3N4O2/c1-15(2,3)12-10-21-14(25-12)5-4-13(24)20-7-9-23-8-6-11(22-23)16(17,18)19/h6,8,10H,4-5,7,9H2,1-3H3,(H,20,24). The Bertz CT molecular complexity index is 714. The molecule has 25 heavy (non-hydrogen) atoms. The van der Waals surface area contributed by atoms with Crippen LogP contribution in [-0.4, -0.2) is 27.2 Å². The number of amides is 1. The van der Waals surface area contributed by atoms with Crippen molar-refractivity contribution in [2.45, 2.75) is 51.7 Å². The molecule has 1 amide bonds. The van der Waals surface area contributed by atoms with Gasteiger partial charge in [0.05, 0.1) is 12.7 Å². The van der Waals surface area contributed by atoms with Gasteiger partial charge in [0.1, 0.15) is 5.76 Å². The number of hydrogen-bond donors (Lipinski definition) is 1. The number of aromatic nitrogens is 3. The van der Waals surface area contributed by atoms with Gasteiger partial charge < -0.3 is 9.73 Å². The molecular formula is C16H21F3N4O2. The zero-order valence-corrected chi connectivity index (χ0v) is 14.4. The molecule has 0 bridgehead atoms. The maximum atomic E-state index is 12.4. The molecule has 2 aromatic heterocycles. The minimum absolute atomic E-state index is 0.146. The second-order valence-corrected chi connectivity index (χ2v) is 6.68. The van der Waals surface area contributed by atoms with Crippen LogP contribution in [0.3, 0.4) is 0 Å². The van der Waals surface area contributed by atoms with E-state index in [-0.39, 0.29) is 30.8 Å². The Morgan fingerprint density at radius 2 is 2.04 bits per heavy atom. The topological polar surface area (TPSA) is 73.0 Å². The maximum Gasteiger partial charge on any atom is 0.435 e. The van der Waals surface area contributed by atoms with Gasteiger partial charge >= 0.3 is 6.18 Å². The molecule has 9 heteroatoms. The number of oxazole rings is 1. The third-order valence-electron chi connectivity index (χ3n) is 3.45. The Labute approximate surface area is 143 Å². The number of nitrogens with one attached hydrogen (secondary N) is 1. The summed E-state index contributed by atoms with van der Waals surface area (Å²) in [5.41, 5.74) is -1.09. The van der Waals surface area contributed by atoms with Crippen LogP contribution in [0.1, 0.15) is 44.5 Å². The summed E-state index contributed by atoms with van der Waals surface area (Å²) in [6, 6.07) is 0.900. The monoisotopic (exact) mass is 358 g/mol. The lowest BCUT2D eigenvalue weighted by Crippen LogP contribution is -2.27. The molecule has 0 saturated carbocycles. The Hall–Kier alpha value is -2.32. The van der Waals surface area contributed by atoms with Gasteiger partial charge in [-0.15, -0.1) is 0 Å². The van der Waals surface area contributed by atoms with Crippen LogP contribution in [0, 0.1) is 0 Å². The fraction of sp³-hybridized carbons (Fsp3) is 0.562. The molecule has 6 nitrogen and oxygen atoms in total. The van der Waals surface area contributed by atoms with Crippen molar-refractivity contribution in [3.05, 3.63) is 35.8 Å². The summed E-state index contributed by atoms with van der Waals surface area (Å²) in [7, 11) is 0. The van der Waals surface area contributed by atoms with E-state index in [1.807, 2.05) is 20.8 Å². The molecule has 0 aliphatic heterocycles. The molecule has 0 unspecified atom stereocenters. The molecule has 0 spiro atoms. The lowest BCUT2D eigenvalue weighted by atomic mass is 9.94. The first-order valence-electron chi connectivity index (χ1n) is 7.88. The SMILES string of the molecule is CC(C)(C)c1cnc(CCC(=O)NCCn2ccc(C(F)(F)F)n2)o1. The van der Waals surface area contributed by atoms with Crippen LogP contribution in [0.4, 0.5) is 13.2 Å². The Balaban J connectivity index is 1.72. The molecule has 2 heterocycles. The third-order valence-corrected chi connectivity index (χ3v) is 3.45. The van der Waals surface area contributed by atoms with Gasteiger partial charge in [-0.05, 0) is 6.07 Å². The van der Waals surface area contributed by atoms with Gasteiger partial charge in [-0.25, -0.2) is 4.98 Å². The van der Waals surface area contributed by atoms with Crippen molar-refractivity contribution in [2.24, 2.45) is 0 Å². The summed E-state index contributed by atoms with van der Waals surface area (Å²) in [5.74, 6) is 1.02. The van der Waals surface area contributed by atoms with E-state index in [2.05, 4.69) is 15.4 Å². The van der Waals surface area contributed by atoms with E-state index >= 15 is 0 Å². The Morgan fingerprint density at radius 3 is 2.60 bits per heavy atom. The van der Waals surface area contributed by atoms with Gasteiger partial charge in [0.15, 0.2) is 11.6 Å². The van der Waals surface area contributed by atoms with E-state index in [9.17, 15) is 18.0 Å². The van der Waals surface area contributed by atoms with Gasteiger partial charge in [-0.3, -0.25) is 9.48 Å². The molecule has 138 valence electrons. The fourth-order valence-electron chi connectivity index (χ4n) is 2.03. The summed E-state index contributed by atoms with van der Waals surface area (Å²) >= 11 is 0. The van der Waals surface area contributed by atoms with Gasteiger partial charge in [0.2, 0.25) is 5.91 Å². The zero-order valence-electron chi connectivity index (χ0n) is 14.4. The second kappa shape index (κ2) is 7.28. The summed E-state index contributed by atoms with van der Waals surface area (Å²) in [6.45, 7) is 6.36. The summed E-state index contributed by atoms with van der Waals surface area (Å²) in [6.07, 6.45) is -1.02. The van der Waals surface area contributed by atoms with Gasteiger partial charge in [-0.2, -0.15) is 18.3 Å². The highest BCUT2D eigenvalue weighted by Gasteiger charge is 2.33. The molecule has 1 N–H and O–H groups in total. The number of nitrogens with zero attached hydrogens (tertiary/aromatic N) is 3. The van der Waals surface area contributed by atoms with Crippen LogP contribution >= 0.6 is 0 Å². The van der Waals surface area contributed by atoms with E-state index in [1.165, 1.54) is 6.20 Å². The normalized spacial score (nSPS) is 12.4. The predicted molar refractivity (Wildman–Crippen MR) is 83.8 cm³/mol. The average molecular weight is 358 g/mol. The first kappa shape index (κ1) is 19.0. The summed E-state index contributed by atoms with van der Waals surface area (Å²) < 4.78 is 44.0. The van der Waals surface area contributed by atoms with Crippen LogP contribution in [-0.2, 0) is 29.4 Å². The Kier molecular flexibility index (Phi) is 5.54. The van der Waals surface area contributed by atoms with Crippen LogP contribution in [0.15, 0.2) is 22.9 Å². The number of halogens is 3. The van der Waals surface area contributed by atoms with Crippen LogP contribution in [0.5, 0.6) is 0 Å². The van der Waals surface area contributed by atoms with Crippen molar-refractivity contribution in [2.75, 3.05) is 6.54 Å². The molecule has 0 aliphatic carbocycles. The zero-order chi connectivity index (χ0) is 18.7. The van der Waals surface area contributed by atoms with E-state index in [4.69, 9.17) is 4.42 Å². The maximum absolute atomic E-state index is 12.4. The van der Waals surface area contributed by atoms with Crippen LogP contribution in [0.25, 0.3) is 0 Å². The highest BCUT2D eigenvalue weighted by Crippen LogP contribution is 2.27. The highest BCUT2D eigenvalue weighted by molar-refractivity contribution is 5.75. The molecule has 0 saturated heterocycles. The quantitative estimate of drug-likeness (QED) is 0.862. The first-order chi connectivity index (χ1) is 11.6.